The summed E-state index contributed by atoms with van der Waals surface area (Å²) in [5.41, 5.74) is 0. The standard InChI is InChI=1S/C12H23N5O2/c1-3-17(4-2)12-15-10(13-5-7-18)9-11(16-12)14-6-8-19/h9,18-19H,3-8H2,1-2H3,(H2,13,14,15,16). The van der Waals surface area contributed by atoms with Crippen LogP contribution in [0.1, 0.15) is 13.8 Å². The third-order valence-electron chi connectivity index (χ3n) is 2.60. The molecular weight excluding hydrogens is 246 g/mol. The molecule has 1 heterocycles. The van der Waals surface area contributed by atoms with Crippen molar-refractivity contribution in [3.63, 3.8) is 0 Å². The molecule has 0 atom stereocenters. The van der Waals surface area contributed by atoms with Crippen LogP contribution in [0.25, 0.3) is 0 Å². The van der Waals surface area contributed by atoms with Gasteiger partial charge in [-0.25, -0.2) is 0 Å². The van der Waals surface area contributed by atoms with Crippen molar-refractivity contribution < 1.29 is 10.2 Å². The van der Waals surface area contributed by atoms with Crippen molar-refractivity contribution in [3.8, 4) is 0 Å². The lowest BCUT2D eigenvalue weighted by Crippen LogP contribution is -2.25. The fourth-order valence-corrected chi connectivity index (χ4v) is 1.63. The molecule has 108 valence electrons. The van der Waals surface area contributed by atoms with Gasteiger partial charge in [0.2, 0.25) is 5.95 Å². The Hall–Kier alpha value is -1.60. The van der Waals surface area contributed by atoms with Crippen LogP contribution >= 0.6 is 0 Å². The highest BCUT2D eigenvalue weighted by molar-refractivity contribution is 5.52. The second-order valence-electron chi connectivity index (χ2n) is 3.91. The molecule has 19 heavy (non-hydrogen) atoms. The van der Waals surface area contributed by atoms with E-state index in [9.17, 15) is 0 Å². The number of hydrogen-bond acceptors (Lipinski definition) is 7. The van der Waals surface area contributed by atoms with Gasteiger partial charge in [-0.3, -0.25) is 0 Å². The third-order valence-corrected chi connectivity index (χ3v) is 2.60. The van der Waals surface area contributed by atoms with E-state index in [1.807, 2.05) is 18.7 Å². The molecule has 0 fully saturated rings. The van der Waals surface area contributed by atoms with Crippen molar-refractivity contribution in [2.24, 2.45) is 0 Å². The van der Waals surface area contributed by atoms with Crippen molar-refractivity contribution in [1.82, 2.24) is 9.97 Å². The lowest BCUT2D eigenvalue weighted by atomic mass is 10.4. The Morgan fingerprint density at radius 2 is 1.47 bits per heavy atom. The molecule has 0 amide bonds. The quantitative estimate of drug-likeness (QED) is 0.506. The minimum absolute atomic E-state index is 0.0456. The summed E-state index contributed by atoms with van der Waals surface area (Å²) in [4.78, 5) is 10.9. The second-order valence-corrected chi connectivity index (χ2v) is 3.91. The van der Waals surface area contributed by atoms with Crippen molar-refractivity contribution in [1.29, 1.82) is 0 Å². The zero-order chi connectivity index (χ0) is 14.1. The Morgan fingerprint density at radius 3 is 1.84 bits per heavy atom. The summed E-state index contributed by atoms with van der Waals surface area (Å²) in [6, 6.07) is 1.76. The van der Waals surface area contributed by atoms with Crippen molar-refractivity contribution in [3.05, 3.63) is 6.07 Å². The summed E-state index contributed by atoms with van der Waals surface area (Å²) in [6.07, 6.45) is 0. The molecule has 4 N–H and O–H groups in total. The molecule has 0 aliphatic heterocycles. The van der Waals surface area contributed by atoms with Crippen LogP contribution < -0.4 is 15.5 Å². The smallest absolute Gasteiger partial charge is 0.229 e. The molecule has 0 radical (unpaired) electrons. The first-order valence-electron chi connectivity index (χ1n) is 6.58. The van der Waals surface area contributed by atoms with Gasteiger partial charge >= 0.3 is 0 Å². The third kappa shape index (κ3) is 4.88. The van der Waals surface area contributed by atoms with E-state index in [2.05, 4.69) is 20.6 Å². The van der Waals surface area contributed by atoms with Crippen LogP contribution in [-0.4, -0.2) is 59.6 Å². The first-order valence-corrected chi connectivity index (χ1v) is 6.58. The molecular formula is C12H23N5O2. The normalized spacial score (nSPS) is 10.3. The predicted molar refractivity (Wildman–Crippen MR) is 76.7 cm³/mol. The maximum Gasteiger partial charge on any atom is 0.229 e. The number of aliphatic hydroxyl groups is 2. The topological polar surface area (TPSA) is 93.5 Å². The Kier molecular flexibility index (Phi) is 6.91. The van der Waals surface area contributed by atoms with Gasteiger partial charge < -0.3 is 25.7 Å². The van der Waals surface area contributed by atoms with E-state index in [4.69, 9.17) is 10.2 Å². The second kappa shape index (κ2) is 8.49. The van der Waals surface area contributed by atoms with Crippen LogP contribution in [0.3, 0.4) is 0 Å². The molecule has 1 aromatic rings. The van der Waals surface area contributed by atoms with Gasteiger partial charge in [0.1, 0.15) is 11.6 Å². The van der Waals surface area contributed by atoms with Gasteiger partial charge in [-0.05, 0) is 13.8 Å². The zero-order valence-electron chi connectivity index (χ0n) is 11.6. The number of nitrogens with one attached hydrogen (secondary N) is 2. The molecule has 0 aliphatic rings. The van der Waals surface area contributed by atoms with Gasteiger partial charge in [0, 0.05) is 32.2 Å². The minimum Gasteiger partial charge on any atom is -0.395 e. The molecule has 0 aromatic carbocycles. The summed E-state index contributed by atoms with van der Waals surface area (Å²) in [6.45, 7) is 6.69. The van der Waals surface area contributed by atoms with Crippen molar-refractivity contribution in [2.75, 3.05) is 54.9 Å². The SMILES string of the molecule is CCN(CC)c1nc(NCCO)cc(NCCO)n1. The highest BCUT2D eigenvalue weighted by Crippen LogP contribution is 2.17. The Balaban J connectivity index is 2.93. The van der Waals surface area contributed by atoms with Gasteiger partial charge in [0.15, 0.2) is 0 Å². The number of anilines is 3. The van der Waals surface area contributed by atoms with Gasteiger partial charge in [-0.2, -0.15) is 9.97 Å². The summed E-state index contributed by atoms with van der Waals surface area (Å²) in [5.74, 6) is 1.95. The summed E-state index contributed by atoms with van der Waals surface area (Å²) >= 11 is 0. The van der Waals surface area contributed by atoms with E-state index in [1.165, 1.54) is 0 Å². The van der Waals surface area contributed by atoms with E-state index < -0.39 is 0 Å². The Labute approximate surface area is 113 Å². The molecule has 0 spiro atoms. The molecule has 1 aromatic heterocycles. The van der Waals surface area contributed by atoms with E-state index in [-0.39, 0.29) is 13.2 Å². The monoisotopic (exact) mass is 269 g/mol. The van der Waals surface area contributed by atoms with Crippen LogP contribution in [0.5, 0.6) is 0 Å². The number of aromatic nitrogens is 2. The molecule has 0 bridgehead atoms. The van der Waals surface area contributed by atoms with Crippen LogP contribution in [0, 0.1) is 0 Å². The molecule has 7 nitrogen and oxygen atoms in total. The van der Waals surface area contributed by atoms with Crippen LogP contribution in [-0.2, 0) is 0 Å². The fourth-order valence-electron chi connectivity index (χ4n) is 1.63. The van der Waals surface area contributed by atoms with Gasteiger partial charge in [0.25, 0.3) is 0 Å². The maximum atomic E-state index is 8.84. The van der Waals surface area contributed by atoms with Crippen LogP contribution in [0.15, 0.2) is 6.07 Å². The number of aliphatic hydroxyl groups excluding tert-OH is 2. The summed E-state index contributed by atoms with van der Waals surface area (Å²) in [7, 11) is 0. The van der Waals surface area contributed by atoms with Gasteiger partial charge in [-0.15, -0.1) is 0 Å². The Bertz CT molecular complexity index is 345. The Morgan fingerprint density at radius 1 is 1.00 bits per heavy atom. The molecule has 0 unspecified atom stereocenters. The van der Waals surface area contributed by atoms with E-state index in [1.54, 1.807) is 6.07 Å². The fraction of sp³-hybridized carbons (Fsp3) is 0.667. The van der Waals surface area contributed by atoms with E-state index in [0.717, 1.165) is 13.1 Å². The van der Waals surface area contributed by atoms with Gasteiger partial charge in [0.05, 0.1) is 13.2 Å². The lowest BCUT2D eigenvalue weighted by molar-refractivity contribution is 0.311. The van der Waals surface area contributed by atoms with Crippen LogP contribution in [0.2, 0.25) is 0 Å². The predicted octanol–water partition coefficient (Wildman–Crippen LogP) is 0.131. The molecule has 0 aliphatic carbocycles. The zero-order valence-corrected chi connectivity index (χ0v) is 11.6. The average molecular weight is 269 g/mol. The van der Waals surface area contributed by atoms with Crippen LogP contribution in [0.4, 0.5) is 17.6 Å². The van der Waals surface area contributed by atoms with Gasteiger partial charge in [-0.1, -0.05) is 0 Å². The molecule has 0 saturated heterocycles. The number of hydrogen-bond donors (Lipinski definition) is 4. The number of rotatable bonds is 9. The highest BCUT2D eigenvalue weighted by atomic mass is 16.3. The lowest BCUT2D eigenvalue weighted by Gasteiger charge is -2.20. The summed E-state index contributed by atoms with van der Waals surface area (Å²) in [5, 5.41) is 23.7. The van der Waals surface area contributed by atoms with Crippen molar-refractivity contribution >= 4 is 17.6 Å². The maximum absolute atomic E-state index is 8.84. The first-order chi connectivity index (χ1) is 9.24. The van der Waals surface area contributed by atoms with E-state index >= 15 is 0 Å². The first kappa shape index (κ1) is 15.5. The summed E-state index contributed by atoms with van der Waals surface area (Å²) < 4.78 is 0. The number of nitrogens with zero attached hydrogens (tertiary/aromatic N) is 3. The van der Waals surface area contributed by atoms with E-state index in [0.29, 0.717) is 30.7 Å². The highest BCUT2D eigenvalue weighted by Gasteiger charge is 2.09. The largest absolute Gasteiger partial charge is 0.395 e. The van der Waals surface area contributed by atoms with Crippen molar-refractivity contribution in [2.45, 2.75) is 13.8 Å². The minimum atomic E-state index is 0.0456. The molecule has 1 rings (SSSR count). The molecule has 7 heteroatoms. The average Bonchev–Trinajstić information content (AvgIpc) is 2.44. The molecule has 0 saturated carbocycles.